The first kappa shape index (κ1) is 12.1. The summed E-state index contributed by atoms with van der Waals surface area (Å²) in [5, 5.41) is 0. The van der Waals surface area contributed by atoms with Crippen LogP contribution in [0.4, 0.5) is 0 Å². The maximum absolute atomic E-state index is 2.45. The van der Waals surface area contributed by atoms with Crippen LogP contribution in [-0.4, -0.2) is 58.3 Å². The fourth-order valence-corrected chi connectivity index (χ4v) is 3.04. The van der Waals surface area contributed by atoms with Crippen LogP contribution in [-0.2, 0) is 0 Å². The molecule has 0 rings (SSSR count). The quantitative estimate of drug-likeness (QED) is 0.601. The van der Waals surface area contributed by atoms with Crippen molar-refractivity contribution >= 4 is 8.07 Å². The molecule has 0 atom stereocenters. The highest BCUT2D eigenvalue weighted by Crippen LogP contribution is 2.01. The molecule has 2 nitrogen and oxygen atoms in total. The zero-order valence-corrected chi connectivity index (χ0v) is 10.5. The summed E-state index contributed by atoms with van der Waals surface area (Å²) in [5.74, 6) is 0. The SMILES string of the molecule is CN(C)CCN(C)C[Si](C)(C)C. The molecule has 0 unspecified atom stereocenters. The van der Waals surface area contributed by atoms with Gasteiger partial charge in [0.15, 0.2) is 0 Å². The van der Waals surface area contributed by atoms with Crippen LogP contribution in [0.3, 0.4) is 0 Å². The third kappa shape index (κ3) is 8.24. The zero-order chi connectivity index (χ0) is 9.78. The van der Waals surface area contributed by atoms with Crippen molar-refractivity contribution in [2.45, 2.75) is 19.6 Å². The molecule has 0 fully saturated rings. The van der Waals surface area contributed by atoms with Crippen molar-refractivity contribution in [3.63, 3.8) is 0 Å². The number of likely N-dealkylation sites (N-methyl/N-ethyl adjacent to an activating group) is 2. The molecule has 0 saturated heterocycles. The Morgan fingerprint density at radius 3 is 1.75 bits per heavy atom. The standard InChI is InChI=1S/C9H24N2Si/c1-10(2)7-8-11(3)9-12(4,5)6/h7-9H2,1-6H3. The highest BCUT2D eigenvalue weighted by molar-refractivity contribution is 6.76. The molecule has 0 aromatic heterocycles. The van der Waals surface area contributed by atoms with Gasteiger partial charge in [0.2, 0.25) is 0 Å². The first-order chi connectivity index (χ1) is 5.31. The Balaban J connectivity index is 3.53. The van der Waals surface area contributed by atoms with Crippen LogP contribution in [0.5, 0.6) is 0 Å². The molecule has 0 amide bonds. The third-order valence-corrected chi connectivity index (χ3v) is 3.16. The summed E-state index contributed by atoms with van der Waals surface area (Å²) in [7, 11) is 5.59. The summed E-state index contributed by atoms with van der Waals surface area (Å²) >= 11 is 0. The minimum absolute atomic E-state index is 0.885. The predicted molar refractivity (Wildman–Crippen MR) is 59.4 cm³/mol. The van der Waals surface area contributed by atoms with Crippen molar-refractivity contribution in [3.05, 3.63) is 0 Å². The molecule has 0 spiro atoms. The zero-order valence-electron chi connectivity index (χ0n) is 9.52. The minimum Gasteiger partial charge on any atom is -0.308 e. The predicted octanol–water partition coefficient (Wildman–Crippen LogP) is 1.36. The second-order valence-electron chi connectivity index (χ2n) is 5.10. The van der Waals surface area contributed by atoms with Gasteiger partial charge in [0, 0.05) is 13.1 Å². The highest BCUT2D eigenvalue weighted by Gasteiger charge is 2.15. The molecular weight excluding hydrogens is 164 g/mol. The molecule has 3 heteroatoms. The van der Waals surface area contributed by atoms with Crippen LogP contribution in [0.1, 0.15) is 0 Å². The molecule has 0 radical (unpaired) electrons. The lowest BCUT2D eigenvalue weighted by atomic mass is 10.5. The largest absolute Gasteiger partial charge is 0.308 e. The molecule has 0 N–H and O–H groups in total. The van der Waals surface area contributed by atoms with Crippen molar-refractivity contribution < 1.29 is 0 Å². The monoisotopic (exact) mass is 188 g/mol. The third-order valence-electron chi connectivity index (χ3n) is 1.67. The van der Waals surface area contributed by atoms with Gasteiger partial charge in [-0.05, 0) is 27.3 Å². The number of nitrogens with zero attached hydrogens (tertiary/aromatic N) is 2. The second-order valence-corrected chi connectivity index (χ2v) is 10.5. The maximum atomic E-state index is 2.45. The first-order valence-corrected chi connectivity index (χ1v) is 8.35. The molecule has 0 aliphatic heterocycles. The van der Waals surface area contributed by atoms with Gasteiger partial charge < -0.3 is 9.80 Å². The Bertz CT molecular complexity index is 118. The topological polar surface area (TPSA) is 6.48 Å². The lowest BCUT2D eigenvalue weighted by molar-refractivity contribution is 0.308. The van der Waals surface area contributed by atoms with E-state index in [-0.39, 0.29) is 0 Å². The molecule has 0 heterocycles. The van der Waals surface area contributed by atoms with Crippen LogP contribution < -0.4 is 0 Å². The van der Waals surface area contributed by atoms with Crippen molar-refractivity contribution in [3.8, 4) is 0 Å². The Morgan fingerprint density at radius 1 is 0.917 bits per heavy atom. The second kappa shape index (κ2) is 4.99. The van der Waals surface area contributed by atoms with Gasteiger partial charge in [0.05, 0.1) is 8.07 Å². The van der Waals surface area contributed by atoms with E-state index in [0.717, 1.165) is 0 Å². The molecule has 74 valence electrons. The van der Waals surface area contributed by atoms with E-state index in [4.69, 9.17) is 0 Å². The van der Waals surface area contributed by atoms with Gasteiger partial charge in [-0.1, -0.05) is 19.6 Å². The Hall–Kier alpha value is 0.137. The molecule has 0 aliphatic rings. The number of rotatable bonds is 5. The minimum atomic E-state index is -0.885. The highest BCUT2D eigenvalue weighted by atomic mass is 28.3. The van der Waals surface area contributed by atoms with E-state index >= 15 is 0 Å². The summed E-state index contributed by atoms with van der Waals surface area (Å²) < 4.78 is 0. The average molecular weight is 188 g/mol. The van der Waals surface area contributed by atoms with E-state index in [1.165, 1.54) is 19.3 Å². The van der Waals surface area contributed by atoms with E-state index in [0.29, 0.717) is 0 Å². The molecule has 0 aliphatic carbocycles. The summed E-state index contributed by atoms with van der Waals surface area (Å²) in [6, 6.07) is 0. The van der Waals surface area contributed by atoms with Crippen LogP contribution >= 0.6 is 0 Å². The molecule has 0 aromatic rings. The molecule has 0 aromatic carbocycles. The maximum Gasteiger partial charge on any atom is 0.0599 e. The summed E-state index contributed by atoms with van der Waals surface area (Å²) in [5.41, 5.74) is 0. The first-order valence-electron chi connectivity index (χ1n) is 4.64. The lowest BCUT2D eigenvalue weighted by Crippen LogP contribution is -2.40. The summed E-state index contributed by atoms with van der Waals surface area (Å²) in [4.78, 5) is 4.69. The van der Waals surface area contributed by atoms with Gasteiger partial charge in [0.1, 0.15) is 0 Å². The smallest absolute Gasteiger partial charge is 0.0599 e. The van der Waals surface area contributed by atoms with Crippen LogP contribution in [0, 0.1) is 0 Å². The van der Waals surface area contributed by atoms with Gasteiger partial charge in [-0.3, -0.25) is 0 Å². The normalized spacial score (nSPS) is 13.0. The van der Waals surface area contributed by atoms with E-state index in [1.54, 1.807) is 0 Å². The van der Waals surface area contributed by atoms with E-state index in [9.17, 15) is 0 Å². The van der Waals surface area contributed by atoms with E-state index in [1.807, 2.05) is 0 Å². The van der Waals surface area contributed by atoms with Crippen LogP contribution in [0.15, 0.2) is 0 Å². The van der Waals surface area contributed by atoms with Gasteiger partial charge >= 0.3 is 0 Å². The summed E-state index contributed by atoms with van der Waals surface area (Å²) in [6.07, 6.45) is 1.31. The van der Waals surface area contributed by atoms with Crippen molar-refractivity contribution in [2.75, 3.05) is 40.4 Å². The summed E-state index contributed by atoms with van der Waals surface area (Å²) in [6.45, 7) is 9.61. The van der Waals surface area contributed by atoms with Gasteiger partial charge in [0.25, 0.3) is 0 Å². The van der Waals surface area contributed by atoms with Crippen LogP contribution in [0.25, 0.3) is 0 Å². The van der Waals surface area contributed by atoms with Gasteiger partial charge in [-0.25, -0.2) is 0 Å². The Morgan fingerprint density at radius 2 is 1.42 bits per heavy atom. The Labute approximate surface area is 78.6 Å². The Kier molecular flexibility index (Phi) is 5.05. The lowest BCUT2D eigenvalue weighted by Gasteiger charge is -2.26. The van der Waals surface area contributed by atoms with Crippen molar-refractivity contribution in [1.82, 2.24) is 9.80 Å². The number of hydrogen-bond donors (Lipinski definition) is 0. The van der Waals surface area contributed by atoms with E-state index in [2.05, 4.69) is 50.6 Å². The molecule has 12 heavy (non-hydrogen) atoms. The number of hydrogen-bond acceptors (Lipinski definition) is 2. The average Bonchev–Trinajstić information content (AvgIpc) is 1.79. The van der Waals surface area contributed by atoms with Crippen LogP contribution in [0.2, 0.25) is 19.6 Å². The fourth-order valence-electron chi connectivity index (χ4n) is 1.26. The van der Waals surface area contributed by atoms with Gasteiger partial charge in [-0.15, -0.1) is 0 Å². The van der Waals surface area contributed by atoms with Crippen molar-refractivity contribution in [2.24, 2.45) is 0 Å². The molecule has 0 saturated carbocycles. The fraction of sp³-hybridized carbons (Fsp3) is 1.00. The van der Waals surface area contributed by atoms with E-state index < -0.39 is 8.07 Å². The van der Waals surface area contributed by atoms with Gasteiger partial charge in [-0.2, -0.15) is 0 Å². The van der Waals surface area contributed by atoms with Crippen molar-refractivity contribution in [1.29, 1.82) is 0 Å². The molecular formula is C9H24N2Si. The molecule has 0 bridgehead atoms.